The van der Waals surface area contributed by atoms with E-state index < -0.39 is 29.1 Å². The minimum absolute atomic E-state index is 0.0293. The first kappa shape index (κ1) is 18.1. The Morgan fingerprint density at radius 1 is 1.33 bits per heavy atom. The van der Waals surface area contributed by atoms with Crippen LogP contribution in [0.3, 0.4) is 0 Å². The van der Waals surface area contributed by atoms with Gasteiger partial charge in [-0.15, -0.1) is 0 Å². The fourth-order valence-electron chi connectivity index (χ4n) is 2.67. The average Bonchev–Trinajstić information content (AvgIpc) is 3.27. The first-order valence-corrected chi connectivity index (χ1v) is 7.76. The third-order valence-electron chi connectivity index (χ3n) is 4.02. The Labute approximate surface area is 141 Å². The summed E-state index contributed by atoms with van der Waals surface area (Å²) in [5, 5.41) is 12.8. The van der Waals surface area contributed by atoms with Crippen LogP contribution in [0, 0.1) is 0 Å². The number of carbonyl (C=O) groups is 2. The van der Waals surface area contributed by atoms with Crippen LogP contribution in [0.4, 0.5) is 10.5 Å². The summed E-state index contributed by atoms with van der Waals surface area (Å²) >= 11 is 0. The van der Waals surface area contributed by atoms with Gasteiger partial charge in [0, 0.05) is 16.7 Å². The predicted octanol–water partition coefficient (Wildman–Crippen LogP) is 2.27. The van der Waals surface area contributed by atoms with Gasteiger partial charge in [-0.2, -0.15) is 0 Å². The number of rotatable bonds is 4. The third kappa shape index (κ3) is 3.79. The molecule has 1 aliphatic rings. The number of anilines is 1. The van der Waals surface area contributed by atoms with Crippen LogP contribution < -0.4 is 11.1 Å². The number of phenols is 1. The standard InChI is InChI=1S/C17H24N2O5/c1-16(2,3)24-15(22)19-10-5-6-12(20)11(9-10)17(7-8-17)13(18)14(21)23-4/h5-6,9,13,20H,7-8,18H2,1-4H3,(H,19,22). The lowest BCUT2D eigenvalue weighted by molar-refractivity contribution is -0.143. The van der Waals surface area contributed by atoms with Crippen molar-refractivity contribution in [1.29, 1.82) is 0 Å². The Kier molecular flexibility index (Phi) is 4.75. The molecular weight excluding hydrogens is 312 g/mol. The molecule has 0 bridgehead atoms. The zero-order valence-corrected chi connectivity index (χ0v) is 14.4. The fourth-order valence-corrected chi connectivity index (χ4v) is 2.67. The Bertz CT molecular complexity index is 647. The van der Waals surface area contributed by atoms with Gasteiger partial charge in [-0.05, 0) is 51.8 Å². The molecule has 1 amide bonds. The van der Waals surface area contributed by atoms with Gasteiger partial charge in [0.05, 0.1) is 7.11 Å². The molecule has 132 valence electrons. The van der Waals surface area contributed by atoms with E-state index in [1.54, 1.807) is 32.9 Å². The molecule has 2 rings (SSSR count). The fraction of sp³-hybridized carbons (Fsp3) is 0.529. The number of amides is 1. The number of carbonyl (C=O) groups excluding carboxylic acids is 2. The number of methoxy groups -OCH3 is 1. The van der Waals surface area contributed by atoms with E-state index in [1.807, 2.05) is 0 Å². The van der Waals surface area contributed by atoms with Crippen molar-refractivity contribution in [2.75, 3.05) is 12.4 Å². The molecule has 1 aromatic rings. The highest BCUT2D eigenvalue weighted by molar-refractivity contribution is 5.85. The summed E-state index contributed by atoms with van der Waals surface area (Å²) in [5.74, 6) is -0.501. The van der Waals surface area contributed by atoms with Gasteiger partial charge in [0.25, 0.3) is 0 Å². The lowest BCUT2D eigenvalue weighted by atomic mass is 9.87. The second kappa shape index (κ2) is 6.32. The van der Waals surface area contributed by atoms with Crippen LogP contribution in [-0.2, 0) is 19.7 Å². The first-order chi connectivity index (χ1) is 11.1. The third-order valence-corrected chi connectivity index (χ3v) is 4.02. The van der Waals surface area contributed by atoms with Crippen molar-refractivity contribution in [1.82, 2.24) is 0 Å². The minimum Gasteiger partial charge on any atom is -0.508 e. The molecule has 0 radical (unpaired) electrons. The van der Waals surface area contributed by atoms with Gasteiger partial charge in [0.15, 0.2) is 0 Å². The van der Waals surface area contributed by atoms with Crippen molar-refractivity contribution >= 4 is 17.7 Å². The zero-order valence-electron chi connectivity index (χ0n) is 14.4. The van der Waals surface area contributed by atoms with E-state index in [0.29, 0.717) is 24.1 Å². The molecule has 0 saturated heterocycles. The highest BCUT2D eigenvalue weighted by Crippen LogP contribution is 2.53. The Morgan fingerprint density at radius 3 is 2.46 bits per heavy atom. The van der Waals surface area contributed by atoms with Gasteiger partial charge in [-0.25, -0.2) is 4.79 Å². The summed E-state index contributed by atoms with van der Waals surface area (Å²) in [6, 6.07) is 3.77. The Hall–Kier alpha value is -2.28. The van der Waals surface area contributed by atoms with Crippen LogP contribution in [0.1, 0.15) is 39.2 Å². The number of hydrogen-bond acceptors (Lipinski definition) is 6. The molecule has 0 aliphatic heterocycles. The molecule has 1 aromatic carbocycles. The highest BCUT2D eigenvalue weighted by atomic mass is 16.6. The van der Waals surface area contributed by atoms with Crippen LogP contribution in [-0.4, -0.2) is 35.9 Å². The summed E-state index contributed by atoms with van der Waals surface area (Å²) in [6.07, 6.45) is 0.723. The molecule has 7 heteroatoms. The smallest absolute Gasteiger partial charge is 0.412 e. The van der Waals surface area contributed by atoms with Crippen LogP contribution in [0.15, 0.2) is 18.2 Å². The van der Waals surface area contributed by atoms with E-state index in [-0.39, 0.29) is 5.75 Å². The van der Waals surface area contributed by atoms with Crippen molar-refractivity contribution in [3.8, 4) is 5.75 Å². The summed E-state index contributed by atoms with van der Waals surface area (Å²) in [4.78, 5) is 23.7. The molecule has 1 saturated carbocycles. The number of nitrogens with two attached hydrogens (primary N) is 1. The van der Waals surface area contributed by atoms with E-state index in [0.717, 1.165) is 0 Å². The number of phenolic OH excluding ortho intramolecular Hbond substituents is 1. The number of aromatic hydroxyl groups is 1. The van der Waals surface area contributed by atoms with Gasteiger partial charge >= 0.3 is 12.1 Å². The Morgan fingerprint density at radius 2 is 1.96 bits per heavy atom. The Balaban J connectivity index is 2.24. The van der Waals surface area contributed by atoms with Gasteiger partial charge in [0.2, 0.25) is 0 Å². The topological polar surface area (TPSA) is 111 Å². The van der Waals surface area contributed by atoms with E-state index in [2.05, 4.69) is 5.32 Å². The van der Waals surface area contributed by atoms with E-state index in [1.165, 1.54) is 13.2 Å². The molecule has 0 spiro atoms. The van der Waals surface area contributed by atoms with E-state index in [9.17, 15) is 14.7 Å². The number of ether oxygens (including phenoxy) is 2. The lowest BCUT2D eigenvalue weighted by Crippen LogP contribution is -2.42. The molecule has 24 heavy (non-hydrogen) atoms. The maximum absolute atomic E-state index is 11.9. The molecule has 1 aliphatic carbocycles. The quantitative estimate of drug-likeness (QED) is 0.574. The molecule has 1 atom stereocenters. The monoisotopic (exact) mass is 336 g/mol. The van der Waals surface area contributed by atoms with Gasteiger partial charge in [0.1, 0.15) is 17.4 Å². The molecule has 0 heterocycles. The largest absolute Gasteiger partial charge is 0.508 e. The average molecular weight is 336 g/mol. The number of hydrogen-bond donors (Lipinski definition) is 3. The van der Waals surface area contributed by atoms with Crippen molar-refractivity contribution in [3.05, 3.63) is 23.8 Å². The first-order valence-electron chi connectivity index (χ1n) is 7.76. The molecule has 7 nitrogen and oxygen atoms in total. The molecule has 4 N–H and O–H groups in total. The van der Waals surface area contributed by atoms with Crippen LogP contribution in [0.25, 0.3) is 0 Å². The second-order valence-corrected chi connectivity index (χ2v) is 7.02. The second-order valence-electron chi connectivity index (χ2n) is 7.02. The maximum atomic E-state index is 11.9. The van der Waals surface area contributed by atoms with Gasteiger partial charge in [-0.1, -0.05) is 0 Å². The summed E-state index contributed by atoms with van der Waals surface area (Å²) in [7, 11) is 1.28. The maximum Gasteiger partial charge on any atom is 0.412 e. The van der Waals surface area contributed by atoms with Crippen molar-refractivity contribution in [2.45, 2.75) is 50.7 Å². The summed E-state index contributed by atoms with van der Waals surface area (Å²) in [6.45, 7) is 5.30. The van der Waals surface area contributed by atoms with Crippen LogP contribution >= 0.6 is 0 Å². The highest BCUT2D eigenvalue weighted by Gasteiger charge is 2.54. The van der Waals surface area contributed by atoms with E-state index in [4.69, 9.17) is 15.2 Å². The zero-order chi connectivity index (χ0) is 18.1. The van der Waals surface area contributed by atoms with Crippen molar-refractivity contribution < 1.29 is 24.2 Å². The van der Waals surface area contributed by atoms with Gasteiger partial charge in [-0.3, -0.25) is 10.1 Å². The normalized spacial score (nSPS) is 16.9. The molecule has 1 unspecified atom stereocenters. The lowest BCUT2D eigenvalue weighted by Gasteiger charge is -2.24. The molecule has 0 aromatic heterocycles. The SMILES string of the molecule is COC(=O)C(N)C1(c2cc(NC(=O)OC(C)(C)C)ccc2O)CC1. The van der Waals surface area contributed by atoms with Gasteiger partial charge < -0.3 is 20.3 Å². The van der Waals surface area contributed by atoms with Crippen LogP contribution in [0.2, 0.25) is 0 Å². The number of esters is 1. The molecular formula is C17H24N2O5. The van der Waals surface area contributed by atoms with Crippen molar-refractivity contribution in [2.24, 2.45) is 5.73 Å². The van der Waals surface area contributed by atoms with Crippen molar-refractivity contribution in [3.63, 3.8) is 0 Å². The number of benzene rings is 1. The number of nitrogens with one attached hydrogen (secondary N) is 1. The molecule has 1 fully saturated rings. The van der Waals surface area contributed by atoms with E-state index >= 15 is 0 Å². The summed E-state index contributed by atoms with van der Waals surface area (Å²) in [5.41, 5.74) is 5.71. The summed E-state index contributed by atoms with van der Waals surface area (Å²) < 4.78 is 9.92. The van der Waals surface area contributed by atoms with Crippen LogP contribution in [0.5, 0.6) is 5.75 Å². The predicted molar refractivity (Wildman–Crippen MR) is 88.9 cm³/mol. The minimum atomic E-state index is -0.870.